The topological polar surface area (TPSA) is 61.7 Å². The molecule has 5 rings (SSSR count). The predicted octanol–water partition coefficient (Wildman–Crippen LogP) is 3.12. The van der Waals surface area contributed by atoms with Crippen molar-refractivity contribution in [3.63, 3.8) is 0 Å². The van der Waals surface area contributed by atoms with E-state index in [-0.39, 0.29) is 17.4 Å². The highest BCUT2D eigenvalue weighted by molar-refractivity contribution is 5.80. The van der Waals surface area contributed by atoms with E-state index in [1.807, 2.05) is 34.1 Å². The number of hydrogen-bond donors (Lipinski definition) is 0. The lowest BCUT2D eigenvalue weighted by atomic mass is 9.96. The van der Waals surface area contributed by atoms with Crippen LogP contribution in [0.4, 0.5) is 11.5 Å². The number of aryl methyl sites for hydroxylation is 3. The largest absolute Gasteiger partial charge is 0.368 e. The molecule has 2 aliphatic rings. The van der Waals surface area contributed by atoms with Crippen molar-refractivity contribution in [3.05, 3.63) is 63.9 Å². The van der Waals surface area contributed by atoms with Crippen molar-refractivity contribution >= 4 is 28.4 Å². The highest BCUT2D eigenvalue weighted by Crippen LogP contribution is 2.26. The van der Waals surface area contributed by atoms with Crippen LogP contribution in [-0.2, 0) is 11.8 Å². The second-order valence-corrected chi connectivity index (χ2v) is 9.68. The second kappa shape index (κ2) is 9.12. The van der Waals surface area contributed by atoms with Gasteiger partial charge in [-0.1, -0.05) is 24.3 Å². The van der Waals surface area contributed by atoms with E-state index in [2.05, 4.69) is 41.9 Å². The average molecular weight is 460 g/mol. The summed E-state index contributed by atoms with van der Waals surface area (Å²) in [5.41, 5.74) is 5.33. The van der Waals surface area contributed by atoms with E-state index in [0.717, 1.165) is 56.6 Å². The Labute approximate surface area is 200 Å². The number of fused-ring (bicyclic) bond motifs is 1. The molecule has 1 aromatic heterocycles. The third kappa shape index (κ3) is 4.15. The standard InChI is InChI=1S/C27H33N5O2/c1-19-10-11-20(2)24(17-19)30-13-15-31(16-14-30)26(33)21-7-6-12-32(18-21)25-27(34)29(3)23-9-5-4-8-22(23)28-25/h4-5,8-11,17,21H,6-7,12-16,18H2,1-3H3/t21-/m0/s1. The molecule has 0 bridgehead atoms. The fraction of sp³-hybridized carbons (Fsp3) is 0.444. The number of piperazine rings is 1. The summed E-state index contributed by atoms with van der Waals surface area (Å²) in [4.78, 5) is 37.6. The third-order valence-corrected chi connectivity index (χ3v) is 7.33. The van der Waals surface area contributed by atoms with Crippen LogP contribution in [0.15, 0.2) is 47.3 Å². The first-order chi connectivity index (χ1) is 16.4. The Kier molecular flexibility index (Phi) is 6.02. The zero-order valence-electron chi connectivity index (χ0n) is 20.3. The molecule has 0 aliphatic carbocycles. The number of hydrogen-bond acceptors (Lipinski definition) is 5. The lowest BCUT2D eigenvalue weighted by molar-refractivity contribution is -0.136. The first-order valence-electron chi connectivity index (χ1n) is 12.2. The molecule has 34 heavy (non-hydrogen) atoms. The Hall–Kier alpha value is -3.35. The average Bonchev–Trinajstić information content (AvgIpc) is 2.87. The van der Waals surface area contributed by atoms with Crippen LogP contribution in [0.3, 0.4) is 0 Å². The SMILES string of the molecule is Cc1ccc(C)c(N2CCN(C(=O)[C@H]3CCCN(c4nc5ccccc5n(C)c4=O)C3)CC2)c1. The van der Waals surface area contributed by atoms with E-state index in [9.17, 15) is 9.59 Å². The second-order valence-electron chi connectivity index (χ2n) is 9.68. The first-order valence-corrected chi connectivity index (χ1v) is 12.2. The normalized spacial score (nSPS) is 19.0. The zero-order valence-corrected chi connectivity index (χ0v) is 20.3. The van der Waals surface area contributed by atoms with Gasteiger partial charge in [0.15, 0.2) is 5.82 Å². The number of anilines is 2. The minimum atomic E-state index is -0.103. The summed E-state index contributed by atoms with van der Waals surface area (Å²) in [6.07, 6.45) is 1.75. The molecule has 2 aliphatic heterocycles. The van der Waals surface area contributed by atoms with Crippen LogP contribution in [0.2, 0.25) is 0 Å². The first kappa shape index (κ1) is 22.4. The number of amides is 1. The van der Waals surface area contributed by atoms with Crippen molar-refractivity contribution < 1.29 is 4.79 Å². The van der Waals surface area contributed by atoms with Crippen molar-refractivity contribution in [2.24, 2.45) is 13.0 Å². The highest BCUT2D eigenvalue weighted by Gasteiger charge is 2.32. The van der Waals surface area contributed by atoms with Gasteiger partial charge in [0.2, 0.25) is 5.91 Å². The maximum Gasteiger partial charge on any atom is 0.293 e. The molecule has 1 amide bonds. The quantitative estimate of drug-likeness (QED) is 0.602. The monoisotopic (exact) mass is 459 g/mol. The molecule has 0 radical (unpaired) electrons. The van der Waals surface area contributed by atoms with Gasteiger partial charge in [0.05, 0.1) is 17.0 Å². The highest BCUT2D eigenvalue weighted by atomic mass is 16.2. The van der Waals surface area contributed by atoms with Gasteiger partial charge in [-0.25, -0.2) is 4.98 Å². The molecule has 2 aromatic carbocycles. The van der Waals surface area contributed by atoms with E-state index in [4.69, 9.17) is 0 Å². The van der Waals surface area contributed by atoms with Crippen molar-refractivity contribution in [2.75, 3.05) is 49.1 Å². The van der Waals surface area contributed by atoms with Gasteiger partial charge >= 0.3 is 0 Å². The van der Waals surface area contributed by atoms with Crippen molar-refractivity contribution in [1.82, 2.24) is 14.5 Å². The fourth-order valence-corrected chi connectivity index (χ4v) is 5.33. The van der Waals surface area contributed by atoms with Gasteiger partial charge < -0.3 is 19.3 Å². The summed E-state index contributed by atoms with van der Waals surface area (Å²) in [7, 11) is 1.79. The molecule has 0 N–H and O–H groups in total. The molecule has 7 heteroatoms. The number of benzene rings is 2. The van der Waals surface area contributed by atoms with Crippen molar-refractivity contribution in [2.45, 2.75) is 26.7 Å². The van der Waals surface area contributed by atoms with Gasteiger partial charge in [-0.15, -0.1) is 0 Å². The van der Waals surface area contributed by atoms with Gasteiger partial charge in [0.25, 0.3) is 5.56 Å². The number of piperidine rings is 1. The fourth-order valence-electron chi connectivity index (χ4n) is 5.33. The van der Waals surface area contributed by atoms with Crippen LogP contribution in [0, 0.1) is 19.8 Å². The summed E-state index contributed by atoms with van der Waals surface area (Å²) in [6, 6.07) is 14.2. The Morgan fingerprint density at radius 1 is 0.971 bits per heavy atom. The predicted molar refractivity (Wildman–Crippen MR) is 137 cm³/mol. The Morgan fingerprint density at radius 3 is 2.53 bits per heavy atom. The number of para-hydroxylation sites is 2. The summed E-state index contributed by atoms with van der Waals surface area (Å²) >= 11 is 0. The van der Waals surface area contributed by atoms with Gasteiger partial charge in [-0.3, -0.25) is 9.59 Å². The Morgan fingerprint density at radius 2 is 1.74 bits per heavy atom. The molecule has 178 valence electrons. The molecule has 0 saturated carbocycles. The number of nitrogens with zero attached hydrogens (tertiary/aromatic N) is 5. The van der Waals surface area contributed by atoms with Crippen LogP contribution in [0.1, 0.15) is 24.0 Å². The van der Waals surface area contributed by atoms with E-state index >= 15 is 0 Å². The van der Waals surface area contributed by atoms with Crippen LogP contribution in [-0.4, -0.2) is 59.6 Å². The van der Waals surface area contributed by atoms with Crippen LogP contribution < -0.4 is 15.4 Å². The molecular formula is C27H33N5O2. The number of carbonyl (C=O) groups excluding carboxylic acids is 1. The van der Waals surface area contributed by atoms with E-state index in [1.54, 1.807) is 11.6 Å². The van der Waals surface area contributed by atoms with Crippen molar-refractivity contribution in [3.8, 4) is 0 Å². The number of aromatic nitrogens is 2. The summed E-state index contributed by atoms with van der Waals surface area (Å²) in [5.74, 6) is 0.570. The molecule has 2 fully saturated rings. The zero-order chi connectivity index (χ0) is 23.8. The van der Waals surface area contributed by atoms with Gasteiger partial charge in [0.1, 0.15) is 0 Å². The number of rotatable bonds is 3. The molecule has 0 spiro atoms. The Bertz CT molecular complexity index is 1280. The maximum absolute atomic E-state index is 13.4. The van der Waals surface area contributed by atoms with Crippen LogP contribution >= 0.6 is 0 Å². The molecule has 7 nitrogen and oxygen atoms in total. The molecule has 3 aromatic rings. The molecule has 1 atom stereocenters. The van der Waals surface area contributed by atoms with Crippen LogP contribution in [0.5, 0.6) is 0 Å². The van der Waals surface area contributed by atoms with E-state index in [1.165, 1.54) is 16.8 Å². The van der Waals surface area contributed by atoms with Crippen LogP contribution in [0.25, 0.3) is 11.0 Å². The maximum atomic E-state index is 13.4. The Balaban J connectivity index is 1.28. The smallest absolute Gasteiger partial charge is 0.293 e. The summed E-state index contributed by atoms with van der Waals surface area (Å²) in [6.45, 7) is 8.74. The minimum absolute atomic E-state index is 0.0982. The lowest BCUT2D eigenvalue weighted by Crippen LogP contribution is -2.53. The molecule has 3 heterocycles. The van der Waals surface area contributed by atoms with Gasteiger partial charge in [-0.05, 0) is 56.0 Å². The van der Waals surface area contributed by atoms with Crippen molar-refractivity contribution in [1.29, 1.82) is 0 Å². The molecular weight excluding hydrogens is 426 g/mol. The van der Waals surface area contributed by atoms with Gasteiger partial charge in [-0.2, -0.15) is 0 Å². The minimum Gasteiger partial charge on any atom is -0.368 e. The molecule has 0 unspecified atom stereocenters. The van der Waals surface area contributed by atoms with E-state index in [0.29, 0.717) is 12.4 Å². The molecule has 2 saturated heterocycles. The third-order valence-electron chi connectivity index (χ3n) is 7.33. The van der Waals surface area contributed by atoms with Gasteiger partial charge in [0, 0.05) is 52.0 Å². The lowest BCUT2D eigenvalue weighted by Gasteiger charge is -2.40. The summed E-state index contributed by atoms with van der Waals surface area (Å²) < 4.78 is 1.66. The summed E-state index contributed by atoms with van der Waals surface area (Å²) in [5, 5.41) is 0. The van der Waals surface area contributed by atoms with E-state index < -0.39 is 0 Å². The number of carbonyl (C=O) groups is 1.